The Kier molecular flexibility index (Phi) is 5.80. The molecule has 1 heterocycles. The van der Waals surface area contributed by atoms with Crippen LogP contribution in [0.2, 0.25) is 0 Å². The Balaban J connectivity index is 1.82. The molecule has 0 saturated heterocycles. The van der Waals surface area contributed by atoms with Crippen LogP contribution in [0.25, 0.3) is 0 Å². The van der Waals surface area contributed by atoms with E-state index in [2.05, 4.69) is 28.3 Å². The van der Waals surface area contributed by atoms with Crippen molar-refractivity contribution in [3.05, 3.63) is 41.2 Å². The van der Waals surface area contributed by atoms with Gasteiger partial charge < -0.3 is 10.1 Å². The number of Topliss-reactive ketones (excluding diaryl/α,β-unsaturated/α-hetero) is 1. The molecule has 2 aromatic rings. The highest BCUT2D eigenvalue weighted by Crippen LogP contribution is 2.25. The Labute approximate surface area is 153 Å². The number of nitrogens with one attached hydrogen (secondary N) is 1. The molecule has 1 aliphatic rings. The SMILES string of the molecule is CCCCOc1cc(C#N)cc(Nc2ncc3c(n2)CCCCC3=O)c1. The zero-order valence-electron chi connectivity index (χ0n) is 14.9. The second-order valence-corrected chi connectivity index (χ2v) is 6.37. The lowest BCUT2D eigenvalue weighted by Crippen LogP contribution is -2.07. The van der Waals surface area contributed by atoms with Crippen molar-refractivity contribution < 1.29 is 9.53 Å². The smallest absolute Gasteiger partial charge is 0.227 e. The fraction of sp³-hybridized carbons (Fsp3) is 0.400. The van der Waals surface area contributed by atoms with Crippen LogP contribution < -0.4 is 10.1 Å². The van der Waals surface area contributed by atoms with Crippen LogP contribution in [0.4, 0.5) is 11.6 Å². The summed E-state index contributed by atoms with van der Waals surface area (Å²) in [5.74, 6) is 1.18. The third-order valence-corrected chi connectivity index (χ3v) is 4.29. The van der Waals surface area contributed by atoms with Gasteiger partial charge in [0.1, 0.15) is 5.75 Å². The van der Waals surface area contributed by atoms with Gasteiger partial charge in [-0.25, -0.2) is 9.97 Å². The second kappa shape index (κ2) is 8.43. The number of unbranched alkanes of at least 4 members (excludes halogenated alkanes) is 1. The monoisotopic (exact) mass is 350 g/mol. The summed E-state index contributed by atoms with van der Waals surface area (Å²) < 4.78 is 5.71. The first kappa shape index (κ1) is 17.9. The molecule has 6 heteroatoms. The Hall–Kier alpha value is -2.94. The summed E-state index contributed by atoms with van der Waals surface area (Å²) in [6.07, 6.45) is 6.79. The zero-order chi connectivity index (χ0) is 18.4. The van der Waals surface area contributed by atoms with E-state index in [1.54, 1.807) is 18.3 Å². The number of aryl methyl sites for hydroxylation is 1. The fourth-order valence-corrected chi connectivity index (χ4v) is 2.90. The van der Waals surface area contributed by atoms with Crippen molar-refractivity contribution in [1.29, 1.82) is 5.26 Å². The lowest BCUT2D eigenvalue weighted by Gasteiger charge is -2.11. The number of benzene rings is 1. The predicted molar refractivity (Wildman–Crippen MR) is 98.8 cm³/mol. The number of hydrogen-bond donors (Lipinski definition) is 1. The van der Waals surface area contributed by atoms with Crippen LogP contribution in [0, 0.1) is 11.3 Å². The quantitative estimate of drug-likeness (QED) is 0.621. The standard InChI is InChI=1S/C20H22N4O2/c1-2-3-8-26-16-10-14(12-21)9-15(11-16)23-20-22-13-17-18(24-20)6-4-5-7-19(17)25/h9-11,13H,2-8H2,1H3,(H,22,23,24). The van der Waals surface area contributed by atoms with Crippen LogP contribution >= 0.6 is 0 Å². The average molecular weight is 350 g/mol. The van der Waals surface area contributed by atoms with Crippen LogP contribution in [0.5, 0.6) is 5.75 Å². The van der Waals surface area contributed by atoms with Crippen molar-refractivity contribution in [1.82, 2.24) is 9.97 Å². The molecule has 1 aromatic carbocycles. The highest BCUT2D eigenvalue weighted by atomic mass is 16.5. The lowest BCUT2D eigenvalue weighted by atomic mass is 10.1. The number of fused-ring (bicyclic) bond motifs is 1. The summed E-state index contributed by atoms with van der Waals surface area (Å²) in [5, 5.41) is 12.4. The number of ether oxygens (including phenoxy) is 1. The summed E-state index contributed by atoms with van der Waals surface area (Å²) >= 11 is 0. The Morgan fingerprint density at radius 2 is 2.12 bits per heavy atom. The van der Waals surface area contributed by atoms with E-state index >= 15 is 0 Å². The van der Waals surface area contributed by atoms with Crippen LogP contribution in [-0.2, 0) is 6.42 Å². The summed E-state index contributed by atoms with van der Waals surface area (Å²) in [4.78, 5) is 20.9. The van der Waals surface area contributed by atoms with E-state index in [-0.39, 0.29) is 5.78 Å². The minimum absolute atomic E-state index is 0.113. The minimum Gasteiger partial charge on any atom is -0.493 e. The average Bonchev–Trinajstić information content (AvgIpc) is 2.83. The van der Waals surface area contributed by atoms with Gasteiger partial charge in [-0.1, -0.05) is 13.3 Å². The molecule has 26 heavy (non-hydrogen) atoms. The van der Waals surface area contributed by atoms with Gasteiger partial charge in [0.25, 0.3) is 0 Å². The Morgan fingerprint density at radius 3 is 2.92 bits per heavy atom. The third-order valence-electron chi connectivity index (χ3n) is 4.29. The summed E-state index contributed by atoms with van der Waals surface area (Å²) in [6, 6.07) is 7.42. The number of nitrogens with zero attached hydrogens (tertiary/aromatic N) is 3. The van der Waals surface area contributed by atoms with E-state index in [9.17, 15) is 10.1 Å². The number of hydrogen-bond acceptors (Lipinski definition) is 6. The van der Waals surface area contributed by atoms with Crippen molar-refractivity contribution in [2.75, 3.05) is 11.9 Å². The Bertz CT molecular complexity index is 842. The molecule has 1 N–H and O–H groups in total. The number of rotatable bonds is 6. The summed E-state index contributed by atoms with van der Waals surface area (Å²) in [7, 11) is 0. The first-order valence-electron chi connectivity index (χ1n) is 9.03. The molecule has 134 valence electrons. The molecule has 0 aliphatic heterocycles. The molecule has 0 amide bonds. The molecule has 0 radical (unpaired) electrons. The van der Waals surface area contributed by atoms with Gasteiger partial charge in [-0.05, 0) is 37.8 Å². The molecule has 0 spiro atoms. The van der Waals surface area contributed by atoms with Gasteiger partial charge >= 0.3 is 0 Å². The molecule has 0 atom stereocenters. The number of ketones is 1. The molecule has 3 rings (SSSR count). The fourth-order valence-electron chi connectivity index (χ4n) is 2.90. The van der Waals surface area contributed by atoms with Crippen molar-refractivity contribution in [3.8, 4) is 11.8 Å². The third kappa shape index (κ3) is 4.37. The largest absolute Gasteiger partial charge is 0.493 e. The van der Waals surface area contributed by atoms with Crippen molar-refractivity contribution in [3.63, 3.8) is 0 Å². The lowest BCUT2D eigenvalue weighted by molar-refractivity contribution is 0.0981. The van der Waals surface area contributed by atoms with Crippen LogP contribution in [-0.4, -0.2) is 22.4 Å². The first-order valence-corrected chi connectivity index (χ1v) is 9.03. The molecule has 0 fully saturated rings. The van der Waals surface area contributed by atoms with Gasteiger partial charge in [-0.15, -0.1) is 0 Å². The highest BCUT2D eigenvalue weighted by molar-refractivity contribution is 5.97. The van der Waals surface area contributed by atoms with Crippen molar-refractivity contribution in [2.45, 2.75) is 45.4 Å². The first-order chi connectivity index (χ1) is 12.7. The van der Waals surface area contributed by atoms with E-state index in [1.165, 1.54) is 0 Å². The van der Waals surface area contributed by atoms with E-state index in [4.69, 9.17) is 4.74 Å². The second-order valence-electron chi connectivity index (χ2n) is 6.37. The van der Waals surface area contributed by atoms with Crippen LogP contribution in [0.1, 0.15) is 60.6 Å². The van der Waals surface area contributed by atoms with Gasteiger partial charge in [0.2, 0.25) is 5.95 Å². The molecule has 1 aliphatic carbocycles. The van der Waals surface area contributed by atoms with Gasteiger partial charge in [0.05, 0.1) is 29.5 Å². The zero-order valence-corrected chi connectivity index (χ0v) is 14.9. The van der Waals surface area contributed by atoms with E-state index < -0.39 is 0 Å². The maximum Gasteiger partial charge on any atom is 0.227 e. The summed E-state index contributed by atoms with van der Waals surface area (Å²) in [5.41, 5.74) is 2.62. The molecule has 6 nitrogen and oxygen atoms in total. The maximum absolute atomic E-state index is 12.1. The van der Waals surface area contributed by atoms with Crippen molar-refractivity contribution >= 4 is 17.4 Å². The molecule has 1 aromatic heterocycles. The molecule has 0 saturated carbocycles. The molecule has 0 bridgehead atoms. The van der Waals surface area contributed by atoms with Gasteiger partial charge in [-0.2, -0.15) is 5.26 Å². The number of aromatic nitrogens is 2. The van der Waals surface area contributed by atoms with E-state index in [1.807, 2.05) is 6.07 Å². The molecular weight excluding hydrogens is 328 g/mol. The van der Waals surface area contributed by atoms with Gasteiger partial charge in [0.15, 0.2) is 5.78 Å². The molecule has 0 unspecified atom stereocenters. The number of carbonyl (C=O) groups is 1. The molecular formula is C20H22N4O2. The topological polar surface area (TPSA) is 87.9 Å². The van der Waals surface area contributed by atoms with Gasteiger partial charge in [0, 0.05) is 24.4 Å². The van der Waals surface area contributed by atoms with Crippen molar-refractivity contribution in [2.24, 2.45) is 0 Å². The van der Waals surface area contributed by atoms with E-state index in [0.717, 1.165) is 37.8 Å². The summed E-state index contributed by atoms with van der Waals surface area (Å²) in [6.45, 7) is 2.71. The van der Waals surface area contributed by atoms with E-state index in [0.29, 0.717) is 41.5 Å². The normalized spacial score (nSPS) is 13.5. The minimum atomic E-state index is 0.113. The number of nitriles is 1. The van der Waals surface area contributed by atoms with Gasteiger partial charge in [-0.3, -0.25) is 4.79 Å². The number of anilines is 2. The Morgan fingerprint density at radius 1 is 1.27 bits per heavy atom. The van der Waals surface area contributed by atoms with Crippen LogP contribution in [0.3, 0.4) is 0 Å². The highest BCUT2D eigenvalue weighted by Gasteiger charge is 2.18. The van der Waals surface area contributed by atoms with Crippen LogP contribution in [0.15, 0.2) is 24.4 Å². The number of carbonyl (C=O) groups excluding carboxylic acids is 1. The predicted octanol–water partition coefficient (Wildman–Crippen LogP) is 4.18. The maximum atomic E-state index is 12.1.